The van der Waals surface area contributed by atoms with Crippen LogP contribution in [0.15, 0.2) is 29.2 Å². The summed E-state index contributed by atoms with van der Waals surface area (Å²) < 4.78 is 63.6. The van der Waals surface area contributed by atoms with Crippen molar-refractivity contribution in [2.45, 2.75) is 29.5 Å². The second-order valence-corrected chi connectivity index (χ2v) is 6.04. The lowest BCUT2D eigenvalue weighted by atomic mass is 10.3. The number of halogens is 3. The van der Waals surface area contributed by atoms with Gasteiger partial charge in [0.1, 0.15) is 5.54 Å². The fourth-order valence-corrected chi connectivity index (χ4v) is 3.06. The van der Waals surface area contributed by atoms with Gasteiger partial charge in [0, 0.05) is 5.69 Å². The van der Waals surface area contributed by atoms with Crippen LogP contribution in [0.25, 0.3) is 0 Å². The van der Waals surface area contributed by atoms with Crippen molar-refractivity contribution in [1.29, 1.82) is 0 Å². The molecule has 19 heavy (non-hydrogen) atoms. The van der Waals surface area contributed by atoms with E-state index in [2.05, 4.69) is 5.43 Å². The molecule has 2 rings (SSSR count). The normalized spacial score (nSPS) is 18.1. The number of hydrogen-bond acceptors (Lipinski definition) is 4. The van der Waals surface area contributed by atoms with E-state index in [9.17, 15) is 21.6 Å². The van der Waals surface area contributed by atoms with Crippen LogP contribution in [0.2, 0.25) is 0 Å². The lowest BCUT2D eigenvalue weighted by molar-refractivity contribution is -0.160. The molecule has 0 aliphatic heterocycles. The minimum absolute atomic E-state index is 0.234. The number of nitrogens with one attached hydrogen (secondary N) is 2. The summed E-state index contributed by atoms with van der Waals surface area (Å²) in [5.74, 6) is 5.11. The second kappa shape index (κ2) is 4.36. The van der Waals surface area contributed by atoms with E-state index >= 15 is 0 Å². The zero-order valence-electron chi connectivity index (χ0n) is 9.66. The Bertz CT molecular complexity index is 565. The third-order valence-corrected chi connectivity index (χ3v) is 4.51. The zero-order valence-corrected chi connectivity index (χ0v) is 10.5. The molecule has 0 bridgehead atoms. The maximum atomic E-state index is 12.7. The van der Waals surface area contributed by atoms with Crippen LogP contribution in [0.5, 0.6) is 0 Å². The molecule has 0 atom stereocenters. The molecule has 0 aromatic heterocycles. The van der Waals surface area contributed by atoms with Gasteiger partial charge in [0.2, 0.25) is 10.0 Å². The van der Waals surface area contributed by atoms with Crippen molar-refractivity contribution in [3.05, 3.63) is 24.3 Å². The van der Waals surface area contributed by atoms with Gasteiger partial charge >= 0.3 is 6.18 Å². The van der Waals surface area contributed by atoms with E-state index in [1.165, 1.54) is 24.3 Å². The van der Waals surface area contributed by atoms with Crippen LogP contribution in [0.3, 0.4) is 0 Å². The van der Waals surface area contributed by atoms with Crippen LogP contribution < -0.4 is 16.0 Å². The molecule has 1 aromatic carbocycles. The van der Waals surface area contributed by atoms with E-state index in [-0.39, 0.29) is 17.7 Å². The van der Waals surface area contributed by atoms with Gasteiger partial charge in [0.05, 0.1) is 4.90 Å². The number of alkyl halides is 3. The number of sulfonamides is 1. The molecule has 0 unspecified atom stereocenters. The first-order chi connectivity index (χ1) is 8.70. The van der Waals surface area contributed by atoms with Crippen LogP contribution >= 0.6 is 0 Å². The highest BCUT2D eigenvalue weighted by molar-refractivity contribution is 7.89. The summed E-state index contributed by atoms with van der Waals surface area (Å²) in [6.07, 6.45) is -5.06. The Morgan fingerprint density at radius 2 is 1.68 bits per heavy atom. The first kappa shape index (κ1) is 14.1. The summed E-state index contributed by atoms with van der Waals surface area (Å²) in [4.78, 5) is -0.234. The predicted molar refractivity (Wildman–Crippen MR) is 62.6 cm³/mol. The van der Waals surface area contributed by atoms with E-state index in [4.69, 9.17) is 5.84 Å². The van der Waals surface area contributed by atoms with Gasteiger partial charge in [-0.15, -0.1) is 0 Å². The topological polar surface area (TPSA) is 84.2 Å². The van der Waals surface area contributed by atoms with Gasteiger partial charge in [0.25, 0.3) is 0 Å². The van der Waals surface area contributed by atoms with Crippen molar-refractivity contribution in [3.8, 4) is 0 Å². The summed E-state index contributed by atoms with van der Waals surface area (Å²) in [7, 11) is -4.20. The quantitative estimate of drug-likeness (QED) is 0.578. The van der Waals surface area contributed by atoms with E-state index in [1.807, 2.05) is 0 Å². The molecular formula is C10H12F3N3O2S. The number of rotatable bonds is 4. The van der Waals surface area contributed by atoms with Crippen molar-refractivity contribution in [1.82, 2.24) is 4.72 Å². The summed E-state index contributed by atoms with van der Waals surface area (Å²) in [6.45, 7) is 0. The van der Waals surface area contributed by atoms with Gasteiger partial charge < -0.3 is 5.43 Å². The predicted octanol–water partition coefficient (Wildman–Crippen LogP) is 1.35. The van der Waals surface area contributed by atoms with Crippen LogP contribution in [0, 0.1) is 0 Å². The van der Waals surface area contributed by atoms with Crippen LogP contribution in [-0.4, -0.2) is 20.1 Å². The number of hydrogen-bond donors (Lipinski definition) is 3. The Balaban J connectivity index is 2.23. The Hall–Kier alpha value is -1.32. The van der Waals surface area contributed by atoms with Gasteiger partial charge in [-0.2, -0.15) is 17.9 Å². The fraction of sp³-hybridized carbons (Fsp3) is 0.400. The lowest BCUT2D eigenvalue weighted by Crippen LogP contribution is -2.47. The number of nitrogens with two attached hydrogens (primary N) is 1. The third-order valence-electron chi connectivity index (χ3n) is 2.95. The molecule has 106 valence electrons. The zero-order chi connectivity index (χ0) is 14.3. The Morgan fingerprint density at radius 1 is 1.16 bits per heavy atom. The Kier molecular flexibility index (Phi) is 3.23. The highest BCUT2D eigenvalue weighted by atomic mass is 32.2. The highest BCUT2D eigenvalue weighted by Gasteiger charge is 2.65. The van der Waals surface area contributed by atoms with Gasteiger partial charge in [-0.1, -0.05) is 0 Å². The molecule has 0 radical (unpaired) electrons. The molecular weight excluding hydrogens is 283 g/mol. The molecule has 4 N–H and O–H groups in total. The summed E-state index contributed by atoms with van der Waals surface area (Å²) >= 11 is 0. The van der Waals surface area contributed by atoms with E-state index in [1.54, 1.807) is 4.72 Å². The monoisotopic (exact) mass is 295 g/mol. The van der Waals surface area contributed by atoms with E-state index in [0.29, 0.717) is 5.69 Å². The summed E-state index contributed by atoms with van der Waals surface area (Å²) in [5, 5.41) is 0. The molecule has 0 saturated heterocycles. The average Bonchev–Trinajstić information content (AvgIpc) is 3.09. The number of nitrogen functional groups attached to an aromatic ring is 1. The molecule has 1 aliphatic rings. The molecule has 0 heterocycles. The van der Waals surface area contributed by atoms with Gasteiger partial charge in [-0.25, -0.2) is 8.42 Å². The van der Waals surface area contributed by atoms with Crippen molar-refractivity contribution in [2.24, 2.45) is 5.84 Å². The molecule has 1 aromatic rings. The van der Waals surface area contributed by atoms with Gasteiger partial charge in [0.15, 0.2) is 0 Å². The standard InChI is InChI=1S/C10H12F3N3O2S/c11-10(12,13)9(5-6-9)16-19(17,18)8-3-1-7(15-14)2-4-8/h1-4,15-16H,5-6,14H2. The number of hydrazine groups is 1. The molecule has 1 aliphatic carbocycles. The largest absolute Gasteiger partial charge is 0.407 e. The number of benzene rings is 1. The molecule has 9 heteroatoms. The minimum atomic E-state index is -4.58. The fourth-order valence-electron chi connectivity index (χ4n) is 1.61. The first-order valence-corrected chi connectivity index (χ1v) is 6.86. The molecule has 0 amide bonds. The second-order valence-electron chi connectivity index (χ2n) is 4.35. The van der Waals surface area contributed by atoms with E-state index < -0.39 is 21.7 Å². The van der Waals surface area contributed by atoms with Crippen molar-refractivity contribution in [2.75, 3.05) is 5.43 Å². The maximum absolute atomic E-state index is 12.7. The first-order valence-electron chi connectivity index (χ1n) is 5.38. The Labute approximate surface area is 108 Å². The van der Waals surface area contributed by atoms with Crippen molar-refractivity contribution < 1.29 is 21.6 Å². The summed E-state index contributed by atoms with van der Waals surface area (Å²) in [5.41, 5.74) is 0.441. The highest BCUT2D eigenvalue weighted by Crippen LogP contribution is 2.49. The lowest BCUT2D eigenvalue weighted by Gasteiger charge is -2.20. The van der Waals surface area contributed by atoms with Crippen LogP contribution in [-0.2, 0) is 10.0 Å². The van der Waals surface area contributed by atoms with Gasteiger partial charge in [-0.05, 0) is 37.1 Å². The molecule has 5 nitrogen and oxygen atoms in total. The van der Waals surface area contributed by atoms with Crippen molar-refractivity contribution in [3.63, 3.8) is 0 Å². The Morgan fingerprint density at radius 3 is 2.05 bits per heavy atom. The summed E-state index contributed by atoms with van der Waals surface area (Å²) in [6, 6.07) is 5.09. The van der Waals surface area contributed by atoms with Crippen LogP contribution in [0.4, 0.5) is 18.9 Å². The third kappa shape index (κ3) is 2.67. The smallest absolute Gasteiger partial charge is 0.324 e. The average molecular weight is 295 g/mol. The van der Waals surface area contributed by atoms with Crippen LogP contribution in [0.1, 0.15) is 12.8 Å². The SMILES string of the molecule is NNc1ccc(S(=O)(=O)NC2(C(F)(F)F)CC2)cc1. The van der Waals surface area contributed by atoms with Crippen molar-refractivity contribution >= 4 is 15.7 Å². The number of anilines is 1. The molecule has 1 saturated carbocycles. The van der Waals surface area contributed by atoms with E-state index in [0.717, 1.165) is 0 Å². The molecule has 0 spiro atoms. The maximum Gasteiger partial charge on any atom is 0.407 e. The molecule has 1 fully saturated rings. The van der Waals surface area contributed by atoms with Gasteiger partial charge in [-0.3, -0.25) is 5.84 Å². The minimum Gasteiger partial charge on any atom is -0.324 e.